The Bertz CT molecular complexity index is 741. The van der Waals surface area contributed by atoms with Gasteiger partial charge >= 0.3 is 5.97 Å². The van der Waals surface area contributed by atoms with Crippen molar-refractivity contribution in [2.75, 3.05) is 0 Å². The maximum Gasteiger partial charge on any atom is 0.305 e. The third kappa shape index (κ3) is 6.13. The minimum Gasteiger partial charge on any atom is -0.491 e. The standard InChI is InChI=1S/C22H27NO4/c1-4-19(16-8-6-5-7-9-16)22(26)23-20(14-21(24)25)17-10-12-18(13-11-17)27-15(2)3/h5-13,15,19-20H,4,14H2,1-3H3,(H,23,26)(H,24,25)/t19-,20-/m1/s1. The van der Waals surface area contributed by atoms with E-state index in [1.54, 1.807) is 24.3 Å². The number of carbonyl (C=O) groups excluding carboxylic acids is 1. The number of ether oxygens (including phenoxy) is 1. The molecule has 27 heavy (non-hydrogen) atoms. The van der Waals surface area contributed by atoms with Crippen molar-refractivity contribution in [1.82, 2.24) is 5.32 Å². The van der Waals surface area contributed by atoms with E-state index in [1.807, 2.05) is 51.1 Å². The van der Waals surface area contributed by atoms with E-state index in [9.17, 15) is 14.7 Å². The molecular weight excluding hydrogens is 342 g/mol. The number of benzene rings is 2. The summed E-state index contributed by atoms with van der Waals surface area (Å²) in [5, 5.41) is 12.2. The summed E-state index contributed by atoms with van der Waals surface area (Å²) in [6, 6.07) is 16.1. The van der Waals surface area contributed by atoms with Crippen molar-refractivity contribution < 1.29 is 19.4 Å². The van der Waals surface area contributed by atoms with Crippen LogP contribution in [-0.2, 0) is 9.59 Å². The Kier molecular flexibility index (Phi) is 7.41. The van der Waals surface area contributed by atoms with E-state index < -0.39 is 12.0 Å². The molecule has 0 saturated heterocycles. The minimum atomic E-state index is -0.962. The minimum absolute atomic E-state index is 0.0570. The molecule has 0 aliphatic carbocycles. The van der Waals surface area contributed by atoms with Crippen LogP contribution in [0.3, 0.4) is 0 Å². The molecule has 2 aromatic rings. The molecule has 0 aromatic heterocycles. The molecule has 0 aliphatic rings. The highest BCUT2D eigenvalue weighted by molar-refractivity contribution is 5.84. The van der Waals surface area contributed by atoms with E-state index in [0.717, 1.165) is 11.1 Å². The van der Waals surface area contributed by atoms with Gasteiger partial charge in [0.2, 0.25) is 5.91 Å². The molecule has 2 N–H and O–H groups in total. The molecule has 0 heterocycles. The summed E-state index contributed by atoms with van der Waals surface area (Å²) in [7, 11) is 0. The SMILES string of the molecule is CC[C@@H](C(=O)N[C@H](CC(=O)O)c1ccc(OC(C)C)cc1)c1ccccc1. The second kappa shape index (κ2) is 9.76. The van der Waals surface area contributed by atoms with Gasteiger partial charge in [0, 0.05) is 0 Å². The number of hydrogen-bond donors (Lipinski definition) is 2. The smallest absolute Gasteiger partial charge is 0.305 e. The summed E-state index contributed by atoms with van der Waals surface area (Å²) in [5.74, 6) is -0.732. The lowest BCUT2D eigenvalue weighted by Gasteiger charge is -2.22. The number of nitrogens with one attached hydrogen (secondary N) is 1. The van der Waals surface area contributed by atoms with Gasteiger partial charge in [-0.25, -0.2) is 0 Å². The molecule has 5 heteroatoms. The molecule has 0 saturated carbocycles. The van der Waals surface area contributed by atoms with Crippen LogP contribution in [0.1, 0.15) is 56.7 Å². The lowest BCUT2D eigenvalue weighted by atomic mass is 9.94. The first kappa shape index (κ1) is 20.5. The quantitative estimate of drug-likeness (QED) is 0.691. The van der Waals surface area contributed by atoms with Gasteiger partial charge in [0.15, 0.2) is 0 Å². The van der Waals surface area contributed by atoms with Gasteiger partial charge in [-0.05, 0) is 43.5 Å². The molecule has 0 aliphatic heterocycles. The van der Waals surface area contributed by atoms with E-state index >= 15 is 0 Å². The first-order valence-electron chi connectivity index (χ1n) is 9.24. The van der Waals surface area contributed by atoms with Crippen molar-refractivity contribution >= 4 is 11.9 Å². The average Bonchev–Trinajstić information content (AvgIpc) is 2.62. The first-order chi connectivity index (χ1) is 12.9. The van der Waals surface area contributed by atoms with Gasteiger partial charge in [-0.2, -0.15) is 0 Å². The Morgan fingerprint density at radius 3 is 2.15 bits per heavy atom. The van der Waals surface area contributed by atoms with E-state index in [2.05, 4.69) is 5.32 Å². The normalized spacial score (nSPS) is 13.0. The third-order valence-electron chi connectivity index (χ3n) is 4.28. The number of carbonyl (C=O) groups is 2. The van der Waals surface area contributed by atoms with Crippen LogP contribution in [0.4, 0.5) is 0 Å². The third-order valence-corrected chi connectivity index (χ3v) is 4.28. The van der Waals surface area contributed by atoms with E-state index in [4.69, 9.17) is 4.74 Å². The predicted octanol–water partition coefficient (Wildman–Crippen LogP) is 4.30. The maximum absolute atomic E-state index is 12.8. The molecule has 0 unspecified atom stereocenters. The summed E-state index contributed by atoms with van der Waals surface area (Å²) in [5.41, 5.74) is 1.66. The van der Waals surface area contributed by atoms with Crippen LogP contribution in [-0.4, -0.2) is 23.1 Å². The monoisotopic (exact) mass is 369 g/mol. The van der Waals surface area contributed by atoms with Crippen molar-refractivity contribution in [2.45, 2.75) is 51.7 Å². The highest BCUT2D eigenvalue weighted by Crippen LogP contribution is 2.25. The van der Waals surface area contributed by atoms with Crippen molar-refractivity contribution in [3.05, 3.63) is 65.7 Å². The van der Waals surface area contributed by atoms with E-state index in [1.165, 1.54) is 0 Å². The number of rotatable bonds is 9. The fourth-order valence-corrected chi connectivity index (χ4v) is 3.01. The highest BCUT2D eigenvalue weighted by Gasteiger charge is 2.24. The largest absolute Gasteiger partial charge is 0.491 e. The molecule has 0 fully saturated rings. The number of hydrogen-bond acceptors (Lipinski definition) is 3. The molecule has 0 bridgehead atoms. The molecule has 144 valence electrons. The summed E-state index contributed by atoms with van der Waals surface area (Å²) >= 11 is 0. The molecule has 2 atom stereocenters. The van der Waals surface area contributed by atoms with Crippen LogP contribution in [0.15, 0.2) is 54.6 Å². The Morgan fingerprint density at radius 2 is 1.63 bits per heavy atom. The Balaban J connectivity index is 2.18. The number of amides is 1. The zero-order chi connectivity index (χ0) is 19.8. The Labute approximate surface area is 160 Å². The van der Waals surface area contributed by atoms with Gasteiger partial charge in [0.1, 0.15) is 5.75 Å². The van der Waals surface area contributed by atoms with Crippen molar-refractivity contribution in [1.29, 1.82) is 0 Å². The second-order valence-corrected chi connectivity index (χ2v) is 6.77. The zero-order valence-electron chi connectivity index (χ0n) is 16.0. The average molecular weight is 369 g/mol. The molecule has 1 amide bonds. The van der Waals surface area contributed by atoms with Gasteiger partial charge in [-0.1, -0.05) is 49.4 Å². The predicted molar refractivity (Wildman–Crippen MR) is 105 cm³/mol. The van der Waals surface area contributed by atoms with Crippen molar-refractivity contribution in [3.8, 4) is 5.75 Å². The molecule has 0 spiro atoms. The molecule has 5 nitrogen and oxygen atoms in total. The van der Waals surface area contributed by atoms with Gasteiger partial charge < -0.3 is 15.2 Å². The van der Waals surface area contributed by atoms with Gasteiger partial charge in [-0.15, -0.1) is 0 Å². The summed E-state index contributed by atoms with van der Waals surface area (Å²) < 4.78 is 5.62. The van der Waals surface area contributed by atoms with E-state index in [-0.39, 0.29) is 24.3 Å². The van der Waals surface area contributed by atoms with Gasteiger partial charge in [0.25, 0.3) is 0 Å². The highest BCUT2D eigenvalue weighted by atomic mass is 16.5. The summed E-state index contributed by atoms with van der Waals surface area (Å²) in [6.45, 7) is 5.83. The van der Waals surface area contributed by atoms with Crippen LogP contribution in [0.25, 0.3) is 0 Å². The van der Waals surface area contributed by atoms with Crippen LogP contribution >= 0.6 is 0 Å². The summed E-state index contributed by atoms with van der Waals surface area (Å²) in [6.07, 6.45) is 0.513. The molecule has 2 rings (SSSR count). The molecule has 2 aromatic carbocycles. The van der Waals surface area contributed by atoms with Gasteiger partial charge in [-0.3, -0.25) is 9.59 Å². The van der Waals surface area contributed by atoms with E-state index in [0.29, 0.717) is 12.2 Å². The van der Waals surface area contributed by atoms with Crippen molar-refractivity contribution in [2.24, 2.45) is 0 Å². The number of aliphatic carboxylic acids is 1. The summed E-state index contributed by atoms with van der Waals surface area (Å²) in [4.78, 5) is 24.1. The zero-order valence-corrected chi connectivity index (χ0v) is 16.0. The molecular formula is C22H27NO4. The van der Waals surface area contributed by atoms with Crippen LogP contribution in [0.5, 0.6) is 5.75 Å². The van der Waals surface area contributed by atoms with Crippen molar-refractivity contribution in [3.63, 3.8) is 0 Å². The van der Waals surface area contributed by atoms with Crippen LogP contribution in [0, 0.1) is 0 Å². The fourth-order valence-electron chi connectivity index (χ4n) is 3.01. The topological polar surface area (TPSA) is 75.6 Å². The fraction of sp³-hybridized carbons (Fsp3) is 0.364. The molecule has 0 radical (unpaired) electrons. The second-order valence-electron chi connectivity index (χ2n) is 6.77. The maximum atomic E-state index is 12.8. The van der Waals surface area contributed by atoms with Crippen LogP contribution in [0.2, 0.25) is 0 Å². The first-order valence-corrected chi connectivity index (χ1v) is 9.24. The number of carboxylic acids is 1. The lowest BCUT2D eigenvalue weighted by Crippen LogP contribution is -2.34. The number of carboxylic acid groups (broad SMARTS) is 1. The Hall–Kier alpha value is -2.82. The van der Waals surface area contributed by atoms with Crippen LogP contribution < -0.4 is 10.1 Å². The Morgan fingerprint density at radius 1 is 1.00 bits per heavy atom. The lowest BCUT2D eigenvalue weighted by molar-refractivity contribution is -0.137. The van der Waals surface area contributed by atoms with Gasteiger partial charge in [0.05, 0.1) is 24.5 Å².